The van der Waals surface area contributed by atoms with Gasteiger partial charge in [-0.15, -0.1) is 0 Å². The van der Waals surface area contributed by atoms with Gasteiger partial charge >= 0.3 is 0 Å². The van der Waals surface area contributed by atoms with E-state index >= 15 is 0 Å². The Balaban J connectivity index is 2.26. The van der Waals surface area contributed by atoms with Crippen LogP contribution in [0.1, 0.15) is 40.0 Å². The molecule has 2 unspecified atom stereocenters. The summed E-state index contributed by atoms with van der Waals surface area (Å²) in [7, 11) is 0. The second-order valence-electron chi connectivity index (χ2n) is 4.62. The first-order chi connectivity index (χ1) is 6.75. The minimum absolute atomic E-state index is 0.745. The van der Waals surface area contributed by atoms with Gasteiger partial charge in [-0.05, 0) is 51.9 Å². The molecule has 1 aliphatic heterocycles. The highest BCUT2D eigenvalue weighted by atomic mass is 15.2. The average molecular weight is 198 g/mol. The second kappa shape index (κ2) is 6.41. The lowest BCUT2D eigenvalue weighted by Gasteiger charge is -2.35. The Morgan fingerprint density at radius 2 is 1.79 bits per heavy atom. The summed E-state index contributed by atoms with van der Waals surface area (Å²) in [6.07, 6.45) is 4.24. The van der Waals surface area contributed by atoms with Gasteiger partial charge in [0.1, 0.15) is 0 Å². The Kier molecular flexibility index (Phi) is 5.49. The Hall–Kier alpha value is -0.0800. The highest BCUT2D eigenvalue weighted by Crippen LogP contribution is 2.16. The fraction of sp³-hybridized carbons (Fsp3) is 1.00. The van der Waals surface area contributed by atoms with Crippen molar-refractivity contribution in [1.29, 1.82) is 0 Å². The van der Waals surface area contributed by atoms with E-state index in [-0.39, 0.29) is 0 Å². The predicted octanol–water partition coefficient (Wildman–Crippen LogP) is 2.11. The first-order valence-electron chi connectivity index (χ1n) is 6.20. The van der Waals surface area contributed by atoms with Gasteiger partial charge in [0.15, 0.2) is 0 Å². The van der Waals surface area contributed by atoms with E-state index in [1.165, 1.54) is 32.4 Å². The molecule has 84 valence electrons. The first-order valence-corrected chi connectivity index (χ1v) is 6.20. The molecule has 1 fully saturated rings. The third-order valence-corrected chi connectivity index (χ3v) is 3.51. The molecule has 2 nitrogen and oxygen atoms in total. The summed E-state index contributed by atoms with van der Waals surface area (Å²) in [5.41, 5.74) is 0. The molecule has 1 rings (SSSR count). The normalized spacial score (nSPS) is 23.4. The Bertz CT molecular complexity index is 141. The fourth-order valence-corrected chi connectivity index (χ4v) is 2.23. The lowest BCUT2D eigenvalue weighted by molar-refractivity contribution is 0.133. The van der Waals surface area contributed by atoms with Gasteiger partial charge < -0.3 is 10.2 Å². The third-order valence-electron chi connectivity index (χ3n) is 3.51. The molecule has 1 saturated heterocycles. The van der Waals surface area contributed by atoms with E-state index in [2.05, 4.69) is 31.0 Å². The Labute approximate surface area is 89.1 Å². The van der Waals surface area contributed by atoms with Crippen molar-refractivity contribution < 1.29 is 0 Å². The molecule has 0 aromatic heterocycles. The molecule has 0 bridgehead atoms. The number of piperidine rings is 1. The summed E-state index contributed by atoms with van der Waals surface area (Å²) >= 11 is 0. The summed E-state index contributed by atoms with van der Waals surface area (Å²) in [5, 5.41) is 3.44. The maximum atomic E-state index is 3.44. The minimum atomic E-state index is 0.745. The van der Waals surface area contributed by atoms with Crippen LogP contribution in [0.2, 0.25) is 0 Å². The zero-order valence-electron chi connectivity index (χ0n) is 10.1. The number of nitrogens with one attached hydrogen (secondary N) is 1. The van der Waals surface area contributed by atoms with Crippen LogP contribution in [0, 0.1) is 5.92 Å². The van der Waals surface area contributed by atoms with Crippen molar-refractivity contribution in [3.63, 3.8) is 0 Å². The number of rotatable bonds is 5. The molecule has 0 radical (unpaired) electrons. The summed E-state index contributed by atoms with van der Waals surface area (Å²) in [6.45, 7) is 11.8. The molecule has 0 aromatic rings. The number of nitrogens with zero attached hydrogens (tertiary/aromatic N) is 1. The van der Waals surface area contributed by atoms with E-state index in [9.17, 15) is 0 Å². The number of likely N-dealkylation sites (tertiary alicyclic amines) is 1. The van der Waals surface area contributed by atoms with Crippen LogP contribution in [-0.2, 0) is 0 Å². The summed E-state index contributed by atoms with van der Waals surface area (Å²) in [4.78, 5) is 2.66. The summed E-state index contributed by atoms with van der Waals surface area (Å²) in [6, 6.07) is 0.745. The molecule has 2 atom stereocenters. The molecule has 0 amide bonds. The maximum absolute atomic E-state index is 3.44. The summed E-state index contributed by atoms with van der Waals surface area (Å²) < 4.78 is 0. The van der Waals surface area contributed by atoms with Crippen molar-refractivity contribution in [3.8, 4) is 0 Å². The smallest absolute Gasteiger partial charge is 0.0105 e. The standard InChI is InChI=1S/C12H26N2/c1-4-13-10-11(2)12(3)14-8-6-5-7-9-14/h11-13H,4-10H2,1-3H3. The molecule has 1 heterocycles. The minimum Gasteiger partial charge on any atom is -0.317 e. The zero-order valence-corrected chi connectivity index (χ0v) is 10.1. The molecule has 0 aromatic carbocycles. The molecule has 2 heteroatoms. The van der Waals surface area contributed by atoms with Crippen LogP contribution < -0.4 is 5.32 Å². The topological polar surface area (TPSA) is 15.3 Å². The van der Waals surface area contributed by atoms with Gasteiger partial charge in [-0.3, -0.25) is 0 Å². The molecule has 1 N–H and O–H groups in total. The molecule has 0 aliphatic carbocycles. The van der Waals surface area contributed by atoms with Gasteiger partial charge in [0, 0.05) is 6.04 Å². The van der Waals surface area contributed by atoms with E-state index < -0.39 is 0 Å². The fourth-order valence-electron chi connectivity index (χ4n) is 2.23. The van der Waals surface area contributed by atoms with Crippen molar-refractivity contribution in [2.24, 2.45) is 5.92 Å². The predicted molar refractivity (Wildman–Crippen MR) is 62.6 cm³/mol. The van der Waals surface area contributed by atoms with E-state index in [0.717, 1.165) is 25.0 Å². The highest BCUT2D eigenvalue weighted by Gasteiger charge is 2.20. The van der Waals surface area contributed by atoms with Crippen molar-refractivity contribution in [1.82, 2.24) is 10.2 Å². The summed E-state index contributed by atoms with van der Waals surface area (Å²) in [5.74, 6) is 0.771. The maximum Gasteiger partial charge on any atom is 0.0105 e. The number of hydrogen-bond donors (Lipinski definition) is 1. The second-order valence-corrected chi connectivity index (χ2v) is 4.62. The largest absolute Gasteiger partial charge is 0.317 e. The lowest BCUT2D eigenvalue weighted by Crippen LogP contribution is -2.43. The third kappa shape index (κ3) is 3.58. The average Bonchev–Trinajstić information content (AvgIpc) is 2.26. The van der Waals surface area contributed by atoms with Crippen LogP contribution in [-0.4, -0.2) is 37.1 Å². The first kappa shape index (κ1) is 12.0. The van der Waals surface area contributed by atoms with Crippen LogP contribution in [0.25, 0.3) is 0 Å². The van der Waals surface area contributed by atoms with Gasteiger partial charge in [-0.2, -0.15) is 0 Å². The van der Waals surface area contributed by atoms with E-state index in [1.54, 1.807) is 0 Å². The Morgan fingerprint density at radius 1 is 1.14 bits per heavy atom. The van der Waals surface area contributed by atoms with Gasteiger partial charge in [-0.25, -0.2) is 0 Å². The van der Waals surface area contributed by atoms with Gasteiger partial charge in [0.2, 0.25) is 0 Å². The van der Waals surface area contributed by atoms with Crippen molar-refractivity contribution in [2.45, 2.75) is 46.1 Å². The molecular formula is C12H26N2. The van der Waals surface area contributed by atoms with Crippen molar-refractivity contribution in [3.05, 3.63) is 0 Å². The SMILES string of the molecule is CCNCC(C)C(C)N1CCCCC1. The van der Waals surface area contributed by atoms with E-state index in [1.807, 2.05) is 0 Å². The Morgan fingerprint density at radius 3 is 2.36 bits per heavy atom. The zero-order chi connectivity index (χ0) is 10.4. The molecule has 0 saturated carbocycles. The van der Waals surface area contributed by atoms with Gasteiger partial charge in [0.05, 0.1) is 0 Å². The van der Waals surface area contributed by atoms with Crippen molar-refractivity contribution >= 4 is 0 Å². The quantitative estimate of drug-likeness (QED) is 0.728. The highest BCUT2D eigenvalue weighted by molar-refractivity contribution is 4.76. The monoisotopic (exact) mass is 198 g/mol. The van der Waals surface area contributed by atoms with Gasteiger partial charge in [0.25, 0.3) is 0 Å². The molecule has 14 heavy (non-hydrogen) atoms. The van der Waals surface area contributed by atoms with Gasteiger partial charge in [-0.1, -0.05) is 20.3 Å². The lowest BCUT2D eigenvalue weighted by atomic mass is 9.99. The van der Waals surface area contributed by atoms with Crippen LogP contribution in [0.15, 0.2) is 0 Å². The van der Waals surface area contributed by atoms with E-state index in [0.29, 0.717) is 0 Å². The van der Waals surface area contributed by atoms with Crippen molar-refractivity contribution in [2.75, 3.05) is 26.2 Å². The van der Waals surface area contributed by atoms with E-state index in [4.69, 9.17) is 0 Å². The van der Waals surface area contributed by atoms with Crippen LogP contribution in [0.4, 0.5) is 0 Å². The molecule has 0 spiro atoms. The molecule has 1 aliphatic rings. The van der Waals surface area contributed by atoms with Crippen LogP contribution in [0.3, 0.4) is 0 Å². The van der Waals surface area contributed by atoms with Crippen LogP contribution >= 0.6 is 0 Å². The molecular weight excluding hydrogens is 172 g/mol. The van der Waals surface area contributed by atoms with Crippen LogP contribution in [0.5, 0.6) is 0 Å². The number of hydrogen-bond acceptors (Lipinski definition) is 2.